The summed E-state index contributed by atoms with van der Waals surface area (Å²) in [5, 5.41) is 6.73. The van der Waals surface area contributed by atoms with Crippen molar-refractivity contribution < 1.29 is 4.74 Å². The lowest BCUT2D eigenvalue weighted by atomic mass is 10.1. The molecule has 1 heterocycles. The van der Waals surface area contributed by atoms with Crippen molar-refractivity contribution in [1.82, 2.24) is 10.6 Å². The van der Waals surface area contributed by atoms with Crippen LogP contribution in [0.5, 0.6) is 0 Å². The second-order valence-corrected chi connectivity index (χ2v) is 6.77. The average Bonchev–Trinajstić information content (AvgIpc) is 2.43. The Balaban J connectivity index is 0.00000361. The van der Waals surface area contributed by atoms with Gasteiger partial charge in [0.05, 0.1) is 13.2 Å². The van der Waals surface area contributed by atoms with Crippen LogP contribution in [0.4, 0.5) is 0 Å². The molecule has 0 bridgehead atoms. The van der Waals surface area contributed by atoms with Gasteiger partial charge < -0.3 is 15.4 Å². The van der Waals surface area contributed by atoms with Crippen molar-refractivity contribution in [2.24, 2.45) is 4.99 Å². The molecule has 20 heavy (non-hydrogen) atoms. The van der Waals surface area contributed by atoms with Crippen LogP contribution in [-0.2, 0) is 4.74 Å². The smallest absolute Gasteiger partial charge is 0.191 e. The number of nitrogens with one attached hydrogen (secondary N) is 2. The summed E-state index contributed by atoms with van der Waals surface area (Å²) in [6.07, 6.45) is 6.46. The van der Waals surface area contributed by atoms with Gasteiger partial charge in [0.25, 0.3) is 0 Å². The summed E-state index contributed by atoms with van der Waals surface area (Å²) in [5.74, 6) is 0.884. The van der Waals surface area contributed by atoms with Crippen LogP contribution in [-0.4, -0.2) is 50.3 Å². The molecule has 0 unspecified atom stereocenters. The minimum atomic E-state index is 0. The molecule has 4 nitrogen and oxygen atoms in total. The molecular weight excluding hydrogens is 385 g/mol. The third-order valence-corrected chi connectivity index (χ3v) is 4.50. The molecule has 118 valence electrons. The predicted octanol–water partition coefficient (Wildman–Crippen LogP) is 2.65. The minimum Gasteiger partial charge on any atom is -0.377 e. The summed E-state index contributed by atoms with van der Waals surface area (Å²) in [4.78, 5) is 4.25. The lowest BCUT2D eigenvalue weighted by Gasteiger charge is -2.24. The molecule has 0 aromatic rings. The molecule has 6 heteroatoms. The van der Waals surface area contributed by atoms with Crippen LogP contribution >= 0.6 is 35.7 Å². The Bertz CT molecular complexity index is 332. The number of thioether (sulfide) groups is 1. The number of aliphatic imine (C=N–C) groups is 1. The summed E-state index contributed by atoms with van der Waals surface area (Å²) in [6, 6.07) is 0. The quantitative estimate of drug-likeness (QED) is 0.304. The van der Waals surface area contributed by atoms with E-state index < -0.39 is 0 Å². The maximum absolute atomic E-state index is 5.30. The van der Waals surface area contributed by atoms with E-state index >= 15 is 0 Å². The fourth-order valence-corrected chi connectivity index (χ4v) is 1.94. The highest BCUT2D eigenvalue weighted by Gasteiger charge is 2.16. The molecule has 0 amide bonds. The first-order chi connectivity index (χ1) is 9.07. The van der Waals surface area contributed by atoms with Gasteiger partial charge in [-0.05, 0) is 32.9 Å². The molecule has 0 atom stereocenters. The first-order valence-electron chi connectivity index (χ1n) is 6.83. The van der Waals surface area contributed by atoms with Crippen LogP contribution in [0.25, 0.3) is 0 Å². The number of guanidine groups is 1. The van der Waals surface area contributed by atoms with Crippen molar-refractivity contribution >= 4 is 41.7 Å². The molecular formula is C14H28IN3OS. The largest absolute Gasteiger partial charge is 0.377 e. The third-order valence-electron chi connectivity index (χ3n) is 3.25. The van der Waals surface area contributed by atoms with E-state index in [0.29, 0.717) is 0 Å². The van der Waals surface area contributed by atoms with Crippen molar-refractivity contribution in [2.45, 2.75) is 31.4 Å². The number of rotatable bonds is 6. The normalized spacial score (nSPS) is 16.2. The van der Waals surface area contributed by atoms with Crippen molar-refractivity contribution in [2.75, 3.05) is 39.6 Å². The predicted molar refractivity (Wildman–Crippen MR) is 101 cm³/mol. The van der Waals surface area contributed by atoms with E-state index in [-0.39, 0.29) is 28.7 Å². The number of hydrogen-bond acceptors (Lipinski definition) is 3. The molecule has 0 aromatic carbocycles. The van der Waals surface area contributed by atoms with E-state index in [4.69, 9.17) is 4.74 Å². The van der Waals surface area contributed by atoms with Crippen LogP contribution in [0.1, 0.15) is 26.7 Å². The number of ether oxygens (including phenoxy) is 1. The molecule has 1 aliphatic rings. The first-order valence-corrected chi connectivity index (χ1v) is 8.05. The standard InChI is InChI=1S/C14H27N3OS.HI/c1-14(2,19-4)11-17-13(15-3)16-8-5-12-6-9-18-10-7-12;/h6H,5,7-11H2,1-4H3,(H2,15,16,17);1H. The SMILES string of the molecule is CN=C(NCCC1=CCOCC1)NCC(C)(C)SC.I. The summed E-state index contributed by atoms with van der Waals surface area (Å²) in [7, 11) is 1.81. The van der Waals surface area contributed by atoms with Crippen molar-refractivity contribution in [3.05, 3.63) is 11.6 Å². The van der Waals surface area contributed by atoms with Gasteiger partial charge in [-0.15, -0.1) is 24.0 Å². The highest BCUT2D eigenvalue weighted by molar-refractivity contribution is 14.0. The zero-order valence-electron chi connectivity index (χ0n) is 13.0. The van der Waals surface area contributed by atoms with Crippen LogP contribution < -0.4 is 10.6 Å². The monoisotopic (exact) mass is 413 g/mol. The van der Waals surface area contributed by atoms with Gasteiger partial charge in [-0.2, -0.15) is 11.8 Å². The van der Waals surface area contributed by atoms with Gasteiger partial charge in [0.1, 0.15) is 0 Å². The van der Waals surface area contributed by atoms with Crippen LogP contribution in [0.3, 0.4) is 0 Å². The highest BCUT2D eigenvalue weighted by Crippen LogP contribution is 2.19. The average molecular weight is 413 g/mol. The van der Waals surface area contributed by atoms with E-state index in [2.05, 4.69) is 41.8 Å². The maximum Gasteiger partial charge on any atom is 0.191 e. The fraction of sp³-hybridized carbons (Fsp3) is 0.786. The minimum absolute atomic E-state index is 0. The van der Waals surface area contributed by atoms with E-state index in [1.54, 1.807) is 0 Å². The topological polar surface area (TPSA) is 45.7 Å². The van der Waals surface area contributed by atoms with Gasteiger partial charge in [-0.1, -0.05) is 11.6 Å². The second-order valence-electron chi connectivity index (χ2n) is 5.25. The number of hydrogen-bond donors (Lipinski definition) is 2. The molecule has 0 saturated carbocycles. The highest BCUT2D eigenvalue weighted by atomic mass is 127. The van der Waals surface area contributed by atoms with Crippen LogP contribution in [0.2, 0.25) is 0 Å². The summed E-state index contributed by atoms with van der Waals surface area (Å²) in [6.45, 7) is 7.91. The number of halogens is 1. The molecule has 1 aliphatic heterocycles. The summed E-state index contributed by atoms with van der Waals surface area (Å²) in [5.41, 5.74) is 1.48. The molecule has 1 rings (SSSR count). The van der Waals surface area contributed by atoms with Gasteiger partial charge >= 0.3 is 0 Å². The summed E-state index contributed by atoms with van der Waals surface area (Å²) < 4.78 is 5.52. The van der Waals surface area contributed by atoms with Gasteiger partial charge in [-0.25, -0.2) is 0 Å². The lowest BCUT2D eigenvalue weighted by molar-refractivity contribution is 0.153. The Morgan fingerprint density at radius 3 is 2.75 bits per heavy atom. The van der Waals surface area contributed by atoms with Crippen molar-refractivity contribution in [3.8, 4) is 0 Å². The Morgan fingerprint density at radius 1 is 1.45 bits per heavy atom. The van der Waals surface area contributed by atoms with Crippen molar-refractivity contribution in [1.29, 1.82) is 0 Å². The van der Waals surface area contributed by atoms with E-state index in [1.165, 1.54) is 5.57 Å². The zero-order valence-corrected chi connectivity index (χ0v) is 16.1. The molecule has 0 saturated heterocycles. The molecule has 0 aromatic heterocycles. The van der Waals surface area contributed by atoms with Crippen LogP contribution in [0, 0.1) is 0 Å². The lowest BCUT2D eigenvalue weighted by Crippen LogP contribution is -2.43. The van der Waals surface area contributed by atoms with Crippen LogP contribution in [0.15, 0.2) is 16.6 Å². The van der Waals surface area contributed by atoms with E-state index in [9.17, 15) is 0 Å². The Hall–Kier alpha value is 0.0500. The van der Waals surface area contributed by atoms with Gasteiger partial charge in [0, 0.05) is 24.9 Å². The maximum atomic E-state index is 5.30. The molecule has 0 radical (unpaired) electrons. The third kappa shape index (κ3) is 8.36. The second kappa shape index (κ2) is 10.7. The Kier molecular flexibility index (Phi) is 10.8. The molecule has 2 N–H and O–H groups in total. The van der Waals surface area contributed by atoms with Gasteiger partial charge in [0.2, 0.25) is 0 Å². The molecule has 0 fully saturated rings. The summed E-state index contributed by atoms with van der Waals surface area (Å²) >= 11 is 1.86. The first kappa shape index (κ1) is 20.1. The fourth-order valence-electron chi connectivity index (χ4n) is 1.72. The molecule has 0 aliphatic carbocycles. The molecule has 0 spiro atoms. The Morgan fingerprint density at radius 2 is 2.20 bits per heavy atom. The van der Waals surface area contributed by atoms with Gasteiger partial charge in [-0.3, -0.25) is 4.99 Å². The van der Waals surface area contributed by atoms with E-state index in [0.717, 1.165) is 45.1 Å². The van der Waals surface area contributed by atoms with E-state index in [1.807, 2.05) is 18.8 Å². The van der Waals surface area contributed by atoms with Gasteiger partial charge in [0.15, 0.2) is 5.96 Å². The number of nitrogens with zero attached hydrogens (tertiary/aromatic N) is 1. The Labute approximate surface area is 144 Å². The zero-order chi connectivity index (χ0) is 14.1. The van der Waals surface area contributed by atoms with Crippen molar-refractivity contribution in [3.63, 3.8) is 0 Å².